The standard InChI is InChI=1S/C15H18N6OS/c16-21-13(10-6-7-10)18-19-15(21)23-9-3-8-20-12-5-2-1-4-11(12)17-14(20)22/h1-2,4-5,10H,3,6-9,16H2,(H,17,22). The second-order valence-corrected chi connectivity index (χ2v) is 6.85. The van der Waals surface area contributed by atoms with Crippen LogP contribution in [0.15, 0.2) is 34.2 Å². The van der Waals surface area contributed by atoms with Gasteiger partial charge in [0.1, 0.15) is 0 Å². The molecular weight excluding hydrogens is 312 g/mol. The number of fused-ring (bicyclic) bond motifs is 1. The number of nitrogens with zero attached hydrogens (tertiary/aromatic N) is 4. The molecule has 1 aliphatic rings. The van der Waals surface area contributed by atoms with E-state index in [0.29, 0.717) is 12.5 Å². The molecule has 0 saturated heterocycles. The first-order valence-corrected chi connectivity index (χ1v) is 8.73. The molecule has 2 aromatic heterocycles. The molecule has 0 radical (unpaired) electrons. The average Bonchev–Trinajstić information content (AvgIpc) is 3.25. The Labute approximate surface area is 136 Å². The molecule has 0 aliphatic heterocycles. The summed E-state index contributed by atoms with van der Waals surface area (Å²) < 4.78 is 3.39. The van der Waals surface area contributed by atoms with Crippen molar-refractivity contribution in [3.05, 3.63) is 40.6 Å². The lowest BCUT2D eigenvalue weighted by atomic mass is 10.3. The number of thioether (sulfide) groups is 1. The summed E-state index contributed by atoms with van der Waals surface area (Å²) in [6.45, 7) is 0.671. The lowest BCUT2D eigenvalue weighted by Gasteiger charge is -2.04. The van der Waals surface area contributed by atoms with Crippen LogP contribution >= 0.6 is 11.8 Å². The first kappa shape index (κ1) is 14.4. The maximum absolute atomic E-state index is 12.0. The minimum Gasteiger partial charge on any atom is -0.336 e. The Morgan fingerprint density at radius 1 is 1.30 bits per heavy atom. The highest BCUT2D eigenvalue weighted by Gasteiger charge is 2.29. The molecule has 23 heavy (non-hydrogen) atoms. The summed E-state index contributed by atoms with van der Waals surface area (Å²) in [5.41, 5.74) is 1.76. The van der Waals surface area contributed by atoms with Crippen molar-refractivity contribution >= 4 is 22.8 Å². The second kappa shape index (κ2) is 5.77. The van der Waals surface area contributed by atoms with Gasteiger partial charge < -0.3 is 10.8 Å². The van der Waals surface area contributed by atoms with Gasteiger partial charge in [-0.2, -0.15) is 0 Å². The number of aromatic nitrogens is 5. The second-order valence-electron chi connectivity index (χ2n) is 5.79. The van der Waals surface area contributed by atoms with Crippen molar-refractivity contribution in [3.8, 4) is 0 Å². The fourth-order valence-electron chi connectivity index (χ4n) is 2.72. The van der Waals surface area contributed by atoms with Gasteiger partial charge in [-0.05, 0) is 31.4 Å². The Morgan fingerprint density at radius 2 is 2.13 bits per heavy atom. The number of rotatable bonds is 6. The molecule has 1 aromatic carbocycles. The van der Waals surface area contributed by atoms with Crippen molar-refractivity contribution in [2.45, 2.75) is 36.9 Å². The molecule has 0 bridgehead atoms. The van der Waals surface area contributed by atoms with Crippen LogP contribution in [0.3, 0.4) is 0 Å². The van der Waals surface area contributed by atoms with E-state index in [4.69, 9.17) is 5.84 Å². The smallest absolute Gasteiger partial charge is 0.326 e. The maximum Gasteiger partial charge on any atom is 0.326 e. The number of aromatic amines is 1. The van der Waals surface area contributed by atoms with Gasteiger partial charge in [0, 0.05) is 18.2 Å². The van der Waals surface area contributed by atoms with Crippen LogP contribution in [0.1, 0.15) is 31.0 Å². The van der Waals surface area contributed by atoms with E-state index in [1.165, 1.54) is 0 Å². The van der Waals surface area contributed by atoms with Crippen molar-refractivity contribution in [1.82, 2.24) is 24.4 Å². The fraction of sp³-hybridized carbons (Fsp3) is 0.400. The number of hydrogen-bond acceptors (Lipinski definition) is 5. The van der Waals surface area contributed by atoms with E-state index < -0.39 is 0 Å². The highest BCUT2D eigenvalue weighted by Crippen LogP contribution is 2.39. The summed E-state index contributed by atoms with van der Waals surface area (Å²) in [5.74, 6) is 8.25. The predicted molar refractivity (Wildman–Crippen MR) is 90.0 cm³/mol. The topological polar surface area (TPSA) is 94.5 Å². The third-order valence-electron chi connectivity index (χ3n) is 4.07. The SMILES string of the molecule is Nn1c(SCCCn2c(=O)[nH]c3ccccc32)nnc1C1CC1. The number of H-pyrrole nitrogens is 1. The zero-order chi connectivity index (χ0) is 15.8. The minimum atomic E-state index is -0.0609. The zero-order valence-electron chi connectivity index (χ0n) is 12.6. The molecule has 1 saturated carbocycles. The number of aryl methyl sites for hydroxylation is 1. The van der Waals surface area contributed by atoms with Crippen LogP contribution in [0.2, 0.25) is 0 Å². The Morgan fingerprint density at radius 3 is 2.96 bits per heavy atom. The van der Waals surface area contributed by atoms with E-state index in [0.717, 1.165) is 47.0 Å². The highest BCUT2D eigenvalue weighted by molar-refractivity contribution is 7.99. The van der Waals surface area contributed by atoms with Crippen LogP contribution < -0.4 is 11.5 Å². The Balaban J connectivity index is 1.38. The minimum absolute atomic E-state index is 0.0609. The molecule has 7 nitrogen and oxygen atoms in total. The largest absolute Gasteiger partial charge is 0.336 e. The van der Waals surface area contributed by atoms with Gasteiger partial charge in [-0.25, -0.2) is 9.47 Å². The molecule has 3 N–H and O–H groups in total. The van der Waals surface area contributed by atoms with Crippen molar-refractivity contribution < 1.29 is 0 Å². The highest BCUT2D eigenvalue weighted by atomic mass is 32.2. The monoisotopic (exact) mass is 330 g/mol. The van der Waals surface area contributed by atoms with Gasteiger partial charge in [0.15, 0.2) is 5.82 Å². The van der Waals surface area contributed by atoms with Crippen LogP contribution in [-0.4, -0.2) is 30.2 Å². The van der Waals surface area contributed by atoms with E-state index in [2.05, 4.69) is 15.2 Å². The Kier molecular flexibility index (Phi) is 3.60. The van der Waals surface area contributed by atoms with Crippen molar-refractivity contribution in [2.24, 2.45) is 0 Å². The summed E-state index contributed by atoms with van der Waals surface area (Å²) in [6.07, 6.45) is 3.17. The molecule has 0 spiro atoms. The number of hydrogen-bond donors (Lipinski definition) is 2. The van der Waals surface area contributed by atoms with Gasteiger partial charge in [0.2, 0.25) is 5.16 Å². The Bertz CT molecular complexity index is 891. The number of para-hydroxylation sites is 2. The molecule has 1 fully saturated rings. The van der Waals surface area contributed by atoms with Gasteiger partial charge in [-0.15, -0.1) is 10.2 Å². The van der Waals surface area contributed by atoms with Gasteiger partial charge in [-0.1, -0.05) is 23.9 Å². The van der Waals surface area contributed by atoms with Gasteiger partial charge in [-0.3, -0.25) is 4.57 Å². The number of nitrogens with two attached hydrogens (primary N) is 1. The molecule has 0 amide bonds. The summed E-state index contributed by atoms with van der Waals surface area (Å²) in [5, 5.41) is 9.07. The van der Waals surface area contributed by atoms with Crippen molar-refractivity contribution in [1.29, 1.82) is 0 Å². The van der Waals surface area contributed by atoms with Crippen LogP contribution in [0.4, 0.5) is 0 Å². The molecular formula is C15H18N6OS. The van der Waals surface area contributed by atoms with Crippen LogP contribution in [0.25, 0.3) is 11.0 Å². The van der Waals surface area contributed by atoms with Gasteiger partial charge >= 0.3 is 5.69 Å². The van der Waals surface area contributed by atoms with Crippen LogP contribution in [0, 0.1) is 0 Å². The van der Waals surface area contributed by atoms with Gasteiger partial charge in [0.05, 0.1) is 11.0 Å². The molecule has 0 atom stereocenters. The third kappa shape index (κ3) is 2.74. The van der Waals surface area contributed by atoms with Crippen LogP contribution in [0.5, 0.6) is 0 Å². The van der Waals surface area contributed by atoms with E-state index >= 15 is 0 Å². The van der Waals surface area contributed by atoms with E-state index in [1.54, 1.807) is 21.0 Å². The molecule has 1 aliphatic carbocycles. The lowest BCUT2D eigenvalue weighted by Crippen LogP contribution is -2.17. The fourth-order valence-corrected chi connectivity index (χ4v) is 3.51. The number of benzene rings is 1. The number of imidazole rings is 1. The van der Waals surface area contributed by atoms with E-state index in [-0.39, 0.29) is 5.69 Å². The number of nitrogen functional groups attached to an aromatic ring is 1. The van der Waals surface area contributed by atoms with Crippen LogP contribution in [-0.2, 0) is 6.54 Å². The quantitative estimate of drug-likeness (QED) is 0.407. The maximum atomic E-state index is 12.0. The molecule has 120 valence electrons. The summed E-state index contributed by atoms with van der Waals surface area (Å²) >= 11 is 1.58. The first-order chi connectivity index (χ1) is 11.2. The molecule has 0 unspecified atom stereocenters. The number of nitrogens with one attached hydrogen (secondary N) is 1. The normalized spacial score (nSPS) is 14.6. The van der Waals surface area contributed by atoms with E-state index in [9.17, 15) is 4.79 Å². The summed E-state index contributed by atoms with van der Waals surface area (Å²) in [4.78, 5) is 14.9. The molecule has 3 aromatic rings. The summed E-state index contributed by atoms with van der Waals surface area (Å²) in [7, 11) is 0. The molecule has 2 heterocycles. The molecule has 4 rings (SSSR count). The predicted octanol–water partition coefficient (Wildman–Crippen LogP) is 1.69. The van der Waals surface area contributed by atoms with Gasteiger partial charge in [0.25, 0.3) is 0 Å². The lowest BCUT2D eigenvalue weighted by molar-refractivity contribution is 0.678. The van der Waals surface area contributed by atoms with Crippen molar-refractivity contribution in [3.63, 3.8) is 0 Å². The van der Waals surface area contributed by atoms with Crippen molar-refractivity contribution in [2.75, 3.05) is 11.6 Å². The summed E-state index contributed by atoms with van der Waals surface area (Å²) in [6, 6.07) is 7.73. The Hall–Kier alpha value is -2.22. The first-order valence-electron chi connectivity index (χ1n) is 7.75. The zero-order valence-corrected chi connectivity index (χ0v) is 13.4. The molecule has 8 heteroatoms. The average molecular weight is 330 g/mol. The van der Waals surface area contributed by atoms with E-state index in [1.807, 2.05) is 24.3 Å². The third-order valence-corrected chi connectivity index (χ3v) is 5.10.